The summed E-state index contributed by atoms with van der Waals surface area (Å²) in [5.41, 5.74) is 1.51. The van der Waals surface area contributed by atoms with Gasteiger partial charge in [0, 0.05) is 17.9 Å². The van der Waals surface area contributed by atoms with Crippen LogP contribution in [0.4, 0.5) is 11.4 Å². The van der Waals surface area contributed by atoms with E-state index in [-0.39, 0.29) is 11.8 Å². The van der Waals surface area contributed by atoms with Gasteiger partial charge in [-0.3, -0.25) is 9.59 Å². The molecule has 2 amide bonds. The van der Waals surface area contributed by atoms with Gasteiger partial charge in [-0.15, -0.1) is 0 Å². The predicted octanol–water partition coefficient (Wildman–Crippen LogP) is 2.03. The molecule has 3 heterocycles. The molecule has 1 aromatic carbocycles. The van der Waals surface area contributed by atoms with Gasteiger partial charge >= 0.3 is 0 Å². The number of anilines is 2. The number of carbonyl (C=O) groups excluding carboxylic acids is 2. The van der Waals surface area contributed by atoms with Crippen molar-refractivity contribution in [2.75, 3.05) is 17.2 Å². The summed E-state index contributed by atoms with van der Waals surface area (Å²) in [5.74, 6) is 0.0980. The van der Waals surface area contributed by atoms with E-state index in [1.807, 2.05) is 0 Å². The Morgan fingerprint density at radius 3 is 2.79 bits per heavy atom. The Kier molecular flexibility index (Phi) is 5.07. The van der Waals surface area contributed by atoms with Crippen LogP contribution in [0.3, 0.4) is 0 Å². The van der Waals surface area contributed by atoms with E-state index in [1.54, 1.807) is 36.4 Å². The van der Waals surface area contributed by atoms with Crippen molar-refractivity contribution in [3.8, 4) is 5.82 Å². The van der Waals surface area contributed by atoms with Crippen LogP contribution in [0.5, 0.6) is 0 Å². The minimum absolute atomic E-state index is 0.192. The fraction of sp³-hybridized carbons (Fsp3) is 0.211. The molecule has 1 aliphatic rings. The quantitative estimate of drug-likeness (QED) is 0.703. The lowest BCUT2D eigenvalue weighted by Gasteiger charge is -2.11. The summed E-state index contributed by atoms with van der Waals surface area (Å²) in [4.78, 5) is 32.8. The second-order valence-corrected chi connectivity index (χ2v) is 6.27. The monoisotopic (exact) mass is 378 g/mol. The number of nitrogens with one attached hydrogen (secondary N) is 2. The average molecular weight is 378 g/mol. The van der Waals surface area contributed by atoms with Crippen LogP contribution < -0.4 is 10.6 Å². The normalized spacial score (nSPS) is 15.9. The molecule has 28 heavy (non-hydrogen) atoms. The molecule has 1 aliphatic heterocycles. The number of pyridine rings is 1. The molecule has 9 heteroatoms. The first-order chi connectivity index (χ1) is 13.7. The lowest BCUT2D eigenvalue weighted by molar-refractivity contribution is -0.124. The number of amides is 2. The van der Waals surface area contributed by atoms with E-state index in [0.29, 0.717) is 35.8 Å². The summed E-state index contributed by atoms with van der Waals surface area (Å²) in [6.45, 7) is 0.601. The maximum Gasteiger partial charge on any atom is 0.255 e. The molecule has 2 N–H and O–H groups in total. The van der Waals surface area contributed by atoms with Gasteiger partial charge in [-0.05, 0) is 43.2 Å². The summed E-state index contributed by atoms with van der Waals surface area (Å²) in [6.07, 6.45) is 5.66. The molecule has 9 nitrogen and oxygen atoms in total. The number of rotatable bonds is 5. The minimum atomic E-state index is -0.424. The number of hydrogen-bond donors (Lipinski definition) is 2. The molecule has 2 aromatic heterocycles. The van der Waals surface area contributed by atoms with Gasteiger partial charge in [-0.1, -0.05) is 6.07 Å². The van der Waals surface area contributed by atoms with Gasteiger partial charge in [0.1, 0.15) is 18.8 Å². The zero-order chi connectivity index (χ0) is 19.3. The number of nitrogens with zero attached hydrogens (tertiary/aromatic N) is 4. The third kappa shape index (κ3) is 4.04. The van der Waals surface area contributed by atoms with Gasteiger partial charge in [0.2, 0.25) is 0 Å². The van der Waals surface area contributed by atoms with E-state index in [9.17, 15) is 9.59 Å². The van der Waals surface area contributed by atoms with Crippen molar-refractivity contribution < 1.29 is 14.3 Å². The van der Waals surface area contributed by atoms with E-state index < -0.39 is 6.10 Å². The molecule has 0 radical (unpaired) electrons. The second-order valence-electron chi connectivity index (χ2n) is 6.27. The third-order valence-electron chi connectivity index (χ3n) is 4.27. The highest BCUT2D eigenvalue weighted by Crippen LogP contribution is 2.17. The molecule has 3 aromatic rings. The zero-order valence-corrected chi connectivity index (χ0v) is 14.9. The summed E-state index contributed by atoms with van der Waals surface area (Å²) in [5, 5.41) is 9.58. The smallest absolute Gasteiger partial charge is 0.255 e. The van der Waals surface area contributed by atoms with Crippen molar-refractivity contribution in [1.82, 2.24) is 19.7 Å². The molecule has 0 unspecified atom stereocenters. The Labute approximate surface area is 160 Å². The van der Waals surface area contributed by atoms with Crippen molar-refractivity contribution in [3.63, 3.8) is 0 Å². The first-order valence-electron chi connectivity index (χ1n) is 8.84. The van der Waals surface area contributed by atoms with Gasteiger partial charge < -0.3 is 15.4 Å². The molecule has 1 fully saturated rings. The maximum atomic E-state index is 12.5. The standard InChI is InChI=1S/C19H18N6O3/c26-18(24-15-6-7-17(21-10-15)25-12-20-11-22-25)13-3-1-4-14(9-13)23-19(27)16-5-2-8-28-16/h1,3-4,6-7,9-12,16H,2,5,8H2,(H,23,27)(H,24,26)/t16-/m0/s1. The molecule has 1 saturated heterocycles. The van der Waals surface area contributed by atoms with Crippen LogP contribution in [-0.2, 0) is 9.53 Å². The largest absolute Gasteiger partial charge is 0.368 e. The van der Waals surface area contributed by atoms with Crippen LogP contribution in [0.1, 0.15) is 23.2 Å². The molecule has 0 bridgehead atoms. The SMILES string of the molecule is O=C(Nc1ccc(-n2cncn2)nc1)c1cccc(NC(=O)[C@@H]2CCCO2)c1. The van der Waals surface area contributed by atoms with Crippen LogP contribution in [0.15, 0.2) is 55.2 Å². The number of aromatic nitrogens is 4. The lowest BCUT2D eigenvalue weighted by atomic mass is 10.1. The second kappa shape index (κ2) is 7.97. The van der Waals surface area contributed by atoms with Crippen LogP contribution in [0.2, 0.25) is 0 Å². The van der Waals surface area contributed by atoms with Gasteiger partial charge in [0.25, 0.3) is 11.8 Å². The number of ether oxygens (including phenoxy) is 1. The summed E-state index contributed by atoms with van der Waals surface area (Å²) >= 11 is 0. The molecule has 4 rings (SSSR count). The van der Waals surface area contributed by atoms with Gasteiger partial charge in [-0.2, -0.15) is 5.10 Å². The van der Waals surface area contributed by atoms with Gasteiger partial charge in [0.05, 0.1) is 11.9 Å². The predicted molar refractivity (Wildman–Crippen MR) is 101 cm³/mol. The highest BCUT2D eigenvalue weighted by Gasteiger charge is 2.23. The Bertz CT molecular complexity index is 966. The van der Waals surface area contributed by atoms with Crippen LogP contribution in [0.25, 0.3) is 5.82 Å². The number of carbonyl (C=O) groups is 2. The topological polar surface area (TPSA) is 111 Å². The fourth-order valence-corrected chi connectivity index (χ4v) is 2.87. The molecule has 0 saturated carbocycles. The molecule has 0 spiro atoms. The van der Waals surface area contributed by atoms with Crippen LogP contribution in [0, 0.1) is 0 Å². The Balaban J connectivity index is 1.41. The molecular weight excluding hydrogens is 360 g/mol. The van der Waals surface area contributed by atoms with Gasteiger partial charge in [-0.25, -0.2) is 14.6 Å². The van der Waals surface area contributed by atoms with Crippen molar-refractivity contribution in [2.24, 2.45) is 0 Å². The van der Waals surface area contributed by atoms with E-state index in [4.69, 9.17) is 4.74 Å². The van der Waals surface area contributed by atoms with Crippen LogP contribution >= 0.6 is 0 Å². The number of benzene rings is 1. The minimum Gasteiger partial charge on any atom is -0.368 e. The number of hydrogen-bond acceptors (Lipinski definition) is 6. The van der Waals surface area contributed by atoms with Crippen molar-refractivity contribution in [2.45, 2.75) is 18.9 Å². The van der Waals surface area contributed by atoms with Gasteiger partial charge in [0.15, 0.2) is 5.82 Å². The zero-order valence-electron chi connectivity index (χ0n) is 14.9. The summed E-state index contributed by atoms with van der Waals surface area (Å²) in [7, 11) is 0. The molecular formula is C19H18N6O3. The first-order valence-corrected chi connectivity index (χ1v) is 8.84. The van der Waals surface area contributed by atoms with Crippen molar-refractivity contribution in [1.29, 1.82) is 0 Å². The van der Waals surface area contributed by atoms with E-state index in [2.05, 4.69) is 25.7 Å². The van der Waals surface area contributed by atoms with E-state index in [0.717, 1.165) is 6.42 Å². The van der Waals surface area contributed by atoms with E-state index >= 15 is 0 Å². The highest BCUT2D eigenvalue weighted by atomic mass is 16.5. The van der Waals surface area contributed by atoms with Crippen molar-refractivity contribution >= 4 is 23.2 Å². The summed E-state index contributed by atoms with van der Waals surface area (Å²) in [6, 6.07) is 10.2. The Morgan fingerprint density at radius 2 is 2.07 bits per heavy atom. The maximum absolute atomic E-state index is 12.5. The average Bonchev–Trinajstić information content (AvgIpc) is 3.43. The Morgan fingerprint density at radius 1 is 1.14 bits per heavy atom. The molecule has 142 valence electrons. The summed E-state index contributed by atoms with van der Waals surface area (Å²) < 4.78 is 6.89. The van der Waals surface area contributed by atoms with Crippen molar-refractivity contribution in [3.05, 3.63) is 60.8 Å². The highest BCUT2D eigenvalue weighted by molar-refractivity contribution is 6.05. The van der Waals surface area contributed by atoms with E-state index in [1.165, 1.54) is 23.5 Å². The molecule has 1 atom stereocenters. The Hall–Kier alpha value is -3.59. The third-order valence-corrected chi connectivity index (χ3v) is 4.27. The van der Waals surface area contributed by atoms with Crippen LogP contribution in [-0.4, -0.2) is 44.3 Å². The fourth-order valence-electron chi connectivity index (χ4n) is 2.87. The first kappa shape index (κ1) is 17.8. The molecule has 0 aliphatic carbocycles. The lowest BCUT2D eigenvalue weighted by Crippen LogP contribution is -2.27.